The fourth-order valence-corrected chi connectivity index (χ4v) is 0. The summed E-state index contributed by atoms with van der Waals surface area (Å²) >= 11 is 0. The van der Waals surface area contributed by atoms with Crippen LogP contribution in [0.25, 0.3) is 0 Å². The first kappa shape index (κ1) is 3.60. The smallest absolute Gasteiger partial charge is 0.254 e. The highest BCUT2D eigenvalue weighted by Gasteiger charge is 1.63. The van der Waals surface area contributed by atoms with Crippen molar-refractivity contribution in [2.45, 2.75) is 0 Å². The molecule has 0 unspecified atom stereocenters. The standard InChI is InChI=1S/C2HFO/c3-1-2-4/h2H. The maximum Gasteiger partial charge on any atom is 0.254 e. The van der Waals surface area contributed by atoms with Crippen LogP contribution in [-0.4, -0.2) is 6.29 Å². The number of halogens is 1. The normalized spacial score (nSPS) is 6.25. The van der Waals surface area contributed by atoms with Gasteiger partial charge in [-0.2, -0.15) is 0 Å². The van der Waals surface area contributed by atoms with Gasteiger partial charge in [0.2, 0.25) is 0 Å². The van der Waals surface area contributed by atoms with Crippen molar-refractivity contribution in [3.05, 3.63) is 6.67 Å². The van der Waals surface area contributed by atoms with Crippen molar-refractivity contribution in [3.8, 4) is 0 Å². The van der Waals surface area contributed by atoms with Crippen LogP contribution < -0.4 is 0 Å². The summed E-state index contributed by atoms with van der Waals surface area (Å²) < 4.78 is 10.1. The van der Waals surface area contributed by atoms with Gasteiger partial charge in [-0.15, -0.1) is 0 Å². The molecule has 2 radical (unpaired) electrons. The average Bonchev–Trinajstić information content (AvgIpc) is 1.37. The third kappa shape index (κ3) is 1.60. The van der Waals surface area contributed by atoms with Gasteiger partial charge in [0.25, 0.3) is 6.67 Å². The Bertz CT molecular complexity index is 20.0. The molecule has 0 N–H and O–H groups in total. The zero-order valence-corrected chi connectivity index (χ0v) is 1.86. The first-order chi connectivity index (χ1) is 1.91. The highest BCUT2D eigenvalue weighted by atomic mass is 19.1. The van der Waals surface area contributed by atoms with Crippen LogP contribution in [0.5, 0.6) is 0 Å². The Hall–Kier alpha value is -0.400. The van der Waals surface area contributed by atoms with Gasteiger partial charge in [-0.05, 0) is 0 Å². The van der Waals surface area contributed by atoms with E-state index in [0.29, 0.717) is 0 Å². The molecule has 0 rings (SSSR count). The minimum atomic E-state index is -0.0417. The van der Waals surface area contributed by atoms with Gasteiger partial charge < -0.3 is 0 Å². The molecular formula is C2HFO. The molecule has 0 aliphatic heterocycles. The van der Waals surface area contributed by atoms with E-state index in [1.165, 1.54) is 0 Å². The molecule has 0 fully saturated rings. The summed E-state index contributed by atoms with van der Waals surface area (Å²) in [6.07, 6.45) is -0.0417. The van der Waals surface area contributed by atoms with Crippen LogP contribution in [0.3, 0.4) is 0 Å². The monoisotopic (exact) mass is 60.0 g/mol. The lowest BCUT2D eigenvalue weighted by atomic mass is 10.9. The number of hydrogen-bond donors (Lipinski definition) is 0. The van der Waals surface area contributed by atoms with Crippen LogP contribution in [-0.2, 0) is 4.79 Å². The number of carbonyl (C=O) groups excluding carboxylic acids is 1. The quantitative estimate of drug-likeness (QED) is 0.395. The van der Waals surface area contributed by atoms with Crippen molar-refractivity contribution < 1.29 is 9.18 Å². The van der Waals surface area contributed by atoms with E-state index in [-0.39, 0.29) is 6.29 Å². The summed E-state index contributed by atoms with van der Waals surface area (Å²) in [5.41, 5.74) is 0. The second kappa shape index (κ2) is 2.60. The number of aldehydes is 1. The zero-order chi connectivity index (χ0) is 3.41. The molecule has 0 aromatic rings. The Morgan fingerprint density at radius 1 is 2.00 bits per heavy atom. The molecule has 0 aliphatic rings. The molecule has 0 amide bonds. The van der Waals surface area contributed by atoms with E-state index < -0.39 is 0 Å². The second-order valence-electron chi connectivity index (χ2n) is 0.227. The summed E-state index contributed by atoms with van der Waals surface area (Å²) in [7, 11) is 0. The molecule has 0 heterocycles. The minimum absolute atomic E-state index is 0.0417. The topological polar surface area (TPSA) is 17.1 Å². The van der Waals surface area contributed by atoms with Crippen LogP contribution in [0, 0.1) is 6.67 Å². The van der Waals surface area contributed by atoms with Crippen LogP contribution in [0.4, 0.5) is 4.39 Å². The number of rotatable bonds is 1. The van der Waals surface area contributed by atoms with Crippen molar-refractivity contribution in [3.63, 3.8) is 0 Å². The van der Waals surface area contributed by atoms with Gasteiger partial charge in [-0.1, -0.05) is 0 Å². The molecule has 1 nitrogen and oxygen atoms in total. The third-order valence-corrected chi connectivity index (χ3v) is 0.0445. The lowest BCUT2D eigenvalue weighted by molar-refractivity contribution is -0.106. The van der Waals surface area contributed by atoms with Crippen LogP contribution in [0.2, 0.25) is 0 Å². The summed E-state index contributed by atoms with van der Waals surface area (Å²) in [5.74, 6) is 0. The Labute approximate surface area is 23.4 Å². The van der Waals surface area contributed by atoms with Crippen LogP contribution >= 0.6 is 0 Å². The molecule has 0 aliphatic carbocycles. The molecule has 0 bridgehead atoms. The van der Waals surface area contributed by atoms with E-state index in [4.69, 9.17) is 4.79 Å². The molecule has 0 saturated heterocycles. The fraction of sp³-hybridized carbons (Fsp3) is 0. The van der Waals surface area contributed by atoms with E-state index in [1.54, 1.807) is 0 Å². The molecule has 22 valence electrons. The minimum Gasteiger partial charge on any atom is -0.299 e. The molecule has 0 saturated carbocycles. The summed E-state index contributed by atoms with van der Waals surface area (Å²) in [4.78, 5) is 8.69. The predicted octanol–water partition coefficient (Wildman–Crippen LogP) is 0.194. The summed E-state index contributed by atoms with van der Waals surface area (Å²) in [6, 6.07) is 0. The van der Waals surface area contributed by atoms with E-state index in [1.807, 2.05) is 0 Å². The lowest BCUT2D eigenvalue weighted by Gasteiger charge is -1.44. The van der Waals surface area contributed by atoms with E-state index in [0.717, 1.165) is 6.67 Å². The van der Waals surface area contributed by atoms with Crippen LogP contribution in [0.1, 0.15) is 0 Å². The SMILES string of the molecule is O=C[C]F. The Balaban J connectivity index is 2.30. The lowest BCUT2D eigenvalue weighted by Crippen LogP contribution is -1.54. The molecular weight excluding hydrogens is 59.0 g/mol. The molecule has 0 aromatic heterocycles. The molecule has 0 spiro atoms. The number of hydrogen-bond acceptors (Lipinski definition) is 1. The van der Waals surface area contributed by atoms with Gasteiger partial charge in [0.05, 0.1) is 0 Å². The van der Waals surface area contributed by atoms with Gasteiger partial charge >= 0.3 is 0 Å². The summed E-state index contributed by atoms with van der Waals surface area (Å²) in [5, 5.41) is 0. The molecule has 0 aromatic carbocycles. The largest absolute Gasteiger partial charge is 0.299 e. The second-order valence-corrected chi connectivity index (χ2v) is 0.227. The van der Waals surface area contributed by atoms with E-state index in [2.05, 4.69) is 0 Å². The van der Waals surface area contributed by atoms with Gasteiger partial charge in [0.15, 0.2) is 6.29 Å². The Morgan fingerprint density at radius 2 is 2.25 bits per heavy atom. The molecule has 0 atom stereocenters. The first-order valence-electron chi connectivity index (χ1n) is 0.713. The highest BCUT2D eigenvalue weighted by Crippen LogP contribution is 1.58. The molecule has 4 heavy (non-hydrogen) atoms. The predicted molar refractivity (Wildman–Crippen MR) is 10.4 cm³/mol. The summed E-state index contributed by atoms with van der Waals surface area (Å²) in [6.45, 7) is 0.750. The van der Waals surface area contributed by atoms with Crippen LogP contribution in [0.15, 0.2) is 0 Å². The maximum absolute atomic E-state index is 10.1. The third-order valence-electron chi connectivity index (χ3n) is 0.0445. The van der Waals surface area contributed by atoms with E-state index >= 15 is 0 Å². The van der Waals surface area contributed by atoms with Crippen molar-refractivity contribution in [1.29, 1.82) is 0 Å². The van der Waals surface area contributed by atoms with Gasteiger partial charge in [-0.3, -0.25) is 4.79 Å². The highest BCUT2D eigenvalue weighted by molar-refractivity contribution is 5.57. The molecule has 2 heteroatoms. The van der Waals surface area contributed by atoms with Crippen molar-refractivity contribution >= 4 is 6.29 Å². The van der Waals surface area contributed by atoms with Gasteiger partial charge in [-0.25, -0.2) is 4.39 Å². The first-order valence-corrected chi connectivity index (χ1v) is 0.713. The van der Waals surface area contributed by atoms with Crippen molar-refractivity contribution in [2.75, 3.05) is 0 Å². The van der Waals surface area contributed by atoms with E-state index in [9.17, 15) is 4.39 Å². The Kier molecular flexibility index (Phi) is 2.34. The number of carbonyl (C=O) groups is 1. The fourth-order valence-electron chi connectivity index (χ4n) is 0. The average molecular weight is 60.0 g/mol. The maximum atomic E-state index is 10.1. The van der Waals surface area contributed by atoms with Crippen molar-refractivity contribution in [1.82, 2.24) is 0 Å². The van der Waals surface area contributed by atoms with Gasteiger partial charge in [0.1, 0.15) is 0 Å². The van der Waals surface area contributed by atoms with Crippen molar-refractivity contribution in [2.24, 2.45) is 0 Å². The zero-order valence-electron chi connectivity index (χ0n) is 1.86. The van der Waals surface area contributed by atoms with Gasteiger partial charge in [0, 0.05) is 0 Å². The Morgan fingerprint density at radius 3 is 2.25 bits per heavy atom.